The van der Waals surface area contributed by atoms with Crippen molar-refractivity contribution in [3.8, 4) is 22.4 Å². The summed E-state index contributed by atoms with van der Waals surface area (Å²) in [5.74, 6) is -0.281. The number of anilines is 1. The average Bonchev–Trinajstić information content (AvgIpc) is 3.21. The molecular formula is C20H22FN5O2S2. The zero-order valence-electron chi connectivity index (χ0n) is 16.0. The van der Waals surface area contributed by atoms with Gasteiger partial charge in [-0.2, -0.15) is 13.5 Å². The number of aromatic nitrogens is 2. The van der Waals surface area contributed by atoms with Crippen LogP contribution in [0, 0.1) is 5.82 Å². The summed E-state index contributed by atoms with van der Waals surface area (Å²) in [4.78, 5) is 8.13. The Balaban J connectivity index is 0.00000256. The number of nitrogens with one attached hydrogen (secondary N) is 2. The van der Waals surface area contributed by atoms with Crippen LogP contribution in [-0.4, -0.2) is 37.5 Å². The number of hydrogen-bond donors (Lipinski definition) is 3. The van der Waals surface area contributed by atoms with E-state index in [1.54, 1.807) is 30.3 Å². The van der Waals surface area contributed by atoms with E-state index in [0.29, 0.717) is 23.4 Å². The Kier molecular flexibility index (Phi) is 6.71. The number of nitrogens with two attached hydrogens (primary N) is 1. The number of rotatable bonds is 5. The van der Waals surface area contributed by atoms with Crippen LogP contribution in [0.4, 0.5) is 10.2 Å². The van der Waals surface area contributed by atoms with Crippen LogP contribution in [0.25, 0.3) is 22.4 Å². The summed E-state index contributed by atoms with van der Waals surface area (Å²) in [6.07, 6.45) is 3.48. The lowest BCUT2D eigenvalue weighted by Gasteiger charge is -2.15. The monoisotopic (exact) mass is 447 g/mol. The number of nitrogen functional groups attached to an aromatic ring is 1. The van der Waals surface area contributed by atoms with Gasteiger partial charge in [-0.25, -0.2) is 22.5 Å². The smallest absolute Gasteiger partial charge is 0.241 e. The highest BCUT2D eigenvalue weighted by Gasteiger charge is 2.25. The molecule has 7 nitrogen and oxygen atoms in total. The first kappa shape index (κ1) is 22.2. The van der Waals surface area contributed by atoms with Crippen molar-refractivity contribution in [2.45, 2.75) is 17.4 Å². The van der Waals surface area contributed by atoms with Gasteiger partial charge >= 0.3 is 0 Å². The van der Waals surface area contributed by atoms with Gasteiger partial charge in [-0.15, -0.1) is 0 Å². The SMILES string of the molecule is Nc1cnc(-c2ccc(-c3ccccc3S(=O)(=O)N[C@H]3CCNC3)cc2F)cn1.S. The highest BCUT2D eigenvalue weighted by molar-refractivity contribution is 7.89. The lowest BCUT2D eigenvalue weighted by atomic mass is 10.0. The standard InChI is InChI=1S/C20H20FN5O2S.H2S/c21-17-9-13(5-6-16(17)18-11-25-20(22)12-24-18)15-3-1-2-4-19(15)29(27,28)26-14-7-8-23-10-14;/h1-6,9,11-12,14,23,26H,7-8,10H2,(H2,22,25);1H2/t14-;/m0./s1. The van der Waals surface area contributed by atoms with Crippen molar-refractivity contribution in [3.63, 3.8) is 0 Å². The number of nitrogens with zero attached hydrogens (tertiary/aromatic N) is 2. The molecule has 4 rings (SSSR count). The van der Waals surface area contributed by atoms with E-state index < -0.39 is 15.8 Å². The molecule has 1 aromatic heterocycles. The molecule has 30 heavy (non-hydrogen) atoms. The molecule has 2 aromatic carbocycles. The Bertz CT molecular complexity index is 1130. The second-order valence-electron chi connectivity index (χ2n) is 6.83. The van der Waals surface area contributed by atoms with Crippen molar-refractivity contribution in [2.24, 2.45) is 0 Å². The molecule has 0 spiro atoms. The molecule has 0 aliphatic carbocycles. The maximum atomic E-state index is 14.8. The zero-order valence-corrected chi connectivity index (χ0v) is 17.8. The molecule has 3 aromatic rings. The van der Waals surface area contributed by atoms with E-state index in [1.807, 2.05) is 0 Å². The maximum absolute atomic E-state index is 14.8. The minimum Gasteiger partial charge on any atom is -0.382 e. The van der Waals surface area contributed by atoms with Crippen LogP contribution < -0.4 is 15.8 Å². The Hall–Kier alpha value is -2.53. The van der Waals surface area contributed by atoms with Crippen molar-refractivity contribution in [1.29, 1.82) is 0 Å². The van der Waals surface area contributed by atoms with Gasteiger partial charge in [0.05, 0.1) is 23.0 Å². The van der Waals surface area contributed by atoms with E-state index in [4.69, 9.17) is 5.73 Å². The second kappa shape index (κ2) is 9.09. The highest BCUT2D eigenvalue weighted by atomic mass is 32.2. The first-order chi connectivity index (χ1) is 13.9. The van der Waals surface area contributed by atoms with Gasteiger partial charge in [-0.05, 0) is 36.7 Å². The zero-order chi connectivity index (χ0) is 20.4. The Morgan fingerprint density at radius 1 is 1.10 bits per heavy atom. The topological polar surface area (TPSA) is 110 Å². The number of halogens is 1. The third-order valence-corrected chi connectivity index (χ3v) is 6.37. The van der Waals surface area contributed by atoms with Crippen LogP contribution in [0.5, 0.6) is 0 Å². The van der Waals surface area contributed by atoms with Gasteiger partial charge in [0.2, 0.25) is 10.0 Å². The molecule has 4 N–H and O–H groups in total. The third-order valence-electron chi connectivity index (χ3n) is 4.79. The molecule has 0 amide bonds. The molecule has 0 radical (unpaired) electrons. The minimum atomic E-state index is -3.75. The van der Waals surface area contributed by atoms with Crippen LogP contribution in [0.1, 0.15) is 6.42 Å². The van der Waals surface area contributed by atoms with Gasteiger partial charge in [0, 0.05) is 23.7 Å². The predicted octanol–water partition coefficient (Wildman–Crippen LogP) is 2.28. The van der Waals surface area contributed by atoms with E-state index >= 15 is 0 Å². The van der Waals surface area contributed by atoms with Crippen LogP contribution in [0.2, 0.25) is 0 Å². The third kappa shape index (κ3) is 4.62. The van der Waals surface area contributed by atoms with E-state index in [1.165, 1.54) is 24.5 Å². The molecule has 158 valence electrons. The summed E-state index contributed by atoms with van der Waals surface area (Å²) in [7, 11) is -3.75. The van der Waals surface area contributed by atoms with Crippen molar-refractivity contribution >= 4 is 29.3 Å². The van der Waals surface area contributed by atoms with Crippen molar-refractivity contribution < 1.29 is 12.8 Å². The Morgan fingerprint density at radius 3 is 2.57 bits per heavy atom. The lowest BCUT2D eigenvalue weighted by molar-refractivity contribution is 0.560. The van der Waals surface area contributed by atoms with Crippen LogP contribution in [-0.2, 0) is 10.0 Å². The summed E-state index contributed by atoms with van der Waals surface area (Å²) in [5, 5.41) is 3.13. The van der Waals surface area contributed by atoms with Gasteiger partial charge in [-0.1, -0.05) is 24.3 Å². The van der Waals surface area contributed by atoms with Crippen molar-refractivity contribution in [3.05, 3.63) is 60.7 Å². The molecule has 2 heterocycles. The summed E-state index contributed by atoms with van der Waals surface area (Å²) in [6.45, 7) is 1.36. The molecule has 1 saturated heterocycles. The van der Waals surface area contributed by atoms with Gasteiger partial charge in [-0.3, -0.25) is 4.98 Å². The van der Waals surface area contributed by atoms with Crippen molar-refractivity contribution in [2.75, 3.05) is 18.8 Å². The van der Waals surface area contributed by atoms with Crippen LogP contribution in [0.3, 0.4) is 0 Å². The van der Waals surface area contributed by atoms with E-state index in [0.717, 1.165) is 13.0 Å². The molecule has 1 fully saturated rings. The van der Waals surface area contributed by atoms with Gasteiger partial charge in [0.15, 0.2) is 0 Å². The average molecular weight is 448 g/mol. The fraction of sp³-hybridized carbons (Fsp3) is 0.200. The number of hydrogen-bond acceptors (Lipinski definition) is 6. The van der Waals surface area contributed by atoms with Crippen LogP contribution >= 0.6 is 13.5 Å². The Labute approximate surface area is 181 Å². The molecule has 0 bridgehead atoms. The van der Waals surface area contributed by atoms with E-state index in [9.17, 15) is 12.8 Å². The van der Waals surface area contributed by atoms with E-state index in [-0.39, 0.29) is 35.8 Å². The van der Waals surface area contributed by atoms with Gasteiger partial charge in [0.1, 0.15) is 11.6 Å². The molecule has 1 aliphatic rings. The number of benzene rings is 2. The molecule has 1 aliphatic heterocycles. The predicted molar refractivity (Wildman–Crippen MR) is 119 cm³/mol. The highest BCUT2D eigenvalue weighted by Crippen LogP contribution is 2.31. The number of sulfonamides is 1. The summed E-state index contributed by atoms with van der Waals surface area (Å²) >= 11 is 0. The fourth-order valence-electron chi connectivity index (χ4n) is 3.35. The normalized spacial score (nSPS) is 16.2. The van der Waals surface area contributed by atoms with Crippen LogP contribution in [0.15, 0.2) is 59.8 Å². The first-order valence-electron chi connectivity index (χ1n) is 9.14. The molecule has 10 heteroatoms. The maximum Gasteiger partial charge on any atom is 0.241 e. The molecule has 0 saturated carbocycles. The second-order valence-corrected chi connectivity index (χ2v) is 8.51. The lowest BCUT2D eigenvalue weighted by Crippen LogP contribution is -2.36. The van der Waals surface area contributed by atoms with E-state index in [2.05, 4.69) is 20.0 Å². The fourth-order valence-corrected chi connectivity index (χ4v) is 4.85. The quantitative estimate of drug-likeness (QED) is 0.554. The first-order valence-corrected chi connectivity index (χ1v) is 10.6. The largest absolute Gasteiger partial charge is 0.382 e. The summed E-state index contributed by atoms with van der Waals surface area (Å²) < 4.78 is 43.4. The molecular weight excluding hydrogens is 425 g/mol. The summed E-state index contributed by atoms with van der Waals surface area (Å²) in [6, 6.07) is 10.9. The molecule has 1 atom stereocenters. The molecule has 0 unspecified atom stereocenters. The Morgan fingerprint density at radius 2 is 1.90 bits per heavy atom. The van der Waals surface area contributed by atoms with Crippen molar-refractivity contribution in [1.82, 2.24) is 20.0 Å². The van der Waals surface area contributed by atoms with Gasteiger partial charge < -0.3 is 11.1 Å². The van der Waals surface area contributed by atoms with Gasteiger partial charge in [0.25, 0.3) is 0 Å². The summed E-state index contributed by atoms with van der Waals surface area (Å²) in [5.41, 5.74) is 7.02. The minimum absolute atomic E-state index is 0.